The molecule has 1 N–H and O–H groups in total. The number of benzene rings is 1. The first-order valence-electron chi connectivity index (χ1n) is 5.96. The summed E-state index contributed by atoms with van der Waals surface area (Å²) >= 11 is 0. The summed E-state index contributed by atoms with van der Waals surface area (Å²) in [4.78, 5) is 0. The summed E-state index contributed by atoms with van der Waals surface area (Å²) < 4.78 is 0. The smallest absolute Gasteiger partial charge is 0.00171 e. The van der Waals surface area contributed by atoms with Gasteiger partial charge >= 0.3 is 0 Å². The summed E-state index contributed by atoms with van der Waals surface area (Å²) in [6.45, 7) is 9.79. The van der Waals surface area contributed by atoms with Gasteiger partial charge in [0, 0.05) is 0 Å². The van der Waals surface area contributed by atoms with E-state index in [1.54, 1.807) is 0 Å². The summed E-state index contributed by atoms with van der Waals surface area (Å²) in [6, 6.07) is 4.58. The molecule has 1 heteroatoms. The van der Waals surface area contributed by atoms with Crippen LogP contribution in [0.3, 0.4) is 0 Å². The minimum Gasteiger partial charge on any atom is -0.319 e. The molecule has 0 aromatic heterocycles. The molecule has 1 aromatic carbocycles. The van der Waals surface area contributed by atoms with Crippen molar-refractivity contribution in [2.24, 2.45) is 0 Å². The lowest BCUT2D eigenvalue weighted by Crippen LogP contribution is -2.06. The highest BCUT2D eigenvalue weighted by Gasteiger charge is 2.03. The second-order valence-corrected chi connectivity index (χ2v) is 4.53. The summed E-state index contributed by atoms with van der Waals surface area (Å²) in [5, 5.41) is 3.17. The van der Waals surface area contributed by atoms with Gasteiger partial charge in [0.2, 0.25) is 0 Å². The van der Waals surface area contributed by atoms with E-state index in [1.807, 2.05) is 7.05 Å². The Morgan fingerprint density at radius 3 is 2.38 bits per heavy atom. The summed E-state index contributed by atoms with van der Waals surface area (Å²) in [6.07, 6.45) is 3.41. The van der Waals surface area contributed by atoms with Crippen LogP contribution in [0.15, 0.2) is 18.2 Å². The van der Waals surface area contributed by atoms with E-state index >= 15 is 0 Å². The second-order valence-electron chi connectivity index (χ2n) is 4.53. The van der Waals surface area contributed by atoms with Crippen molar-refractivity contribution in [3.05, 3.63) is 40.5 Å². The van der Waals surface area contributed by atoms with Crippen LogP contribution in [0.1, 0.15) is 35.6 Å². The zero-order valence-electron chi connectivity index (χ0n) is 11.1. The van der Waals surface area contributed by atoms with E-state index in [4.69, 9.17) is 0 Å². The maximum absolute atomic E-state index is 3.17. The van der Waals surface area contributed by atoms with Crippen LogP contribution in [0.25, 0.3) is 5.57 Å². The van der Waals surface area contributed by atoms with Crippen LogP contribution in [0.5, 0.6) is 0 Å². The van der Waals surface area contributed by atoms with Crippen molar-refractivity contribution in [1.82, 2.24) is 5.32 Å². The Kier molecular flexibility index (Phi) is 4.75. The van der Waals surface area contributed by atoms with Gasteiger partial charge in [0.05, 0.1) is 0 Å². The number of aryl methyl sites for hydroxylation is 3. The fraction of sp³-hybridized carbons (Fsp3) is 0.467. The van der Waals surface area contributed by atoms with Gasteiger partial charge in [-0.05, 0) is 75.5 Å². The van der Waals surface area contributed by atoms with Gasteiger partial charge in [0.15, 0.2) is 0 Å². The molecule has 0 aliphatic heterocycles. The highest BCUT2D eigenvalue weighted by molar-refractivity contribution is 5.67. The molecule has 1 aromatic rings. The highest BCUT2D eigenvalue weighted by atomic mass is 14.8. The fourth-order valence-corrected chi connectivity index (χ4v) is 1.93. The largest absolute Gasteiger partial charge is 0.319 e. The minimum absolute atomic E-state index is 1.04. The predicted octanol–water partition coefficient (Wildman–Crippen LogP) is 3.62. The molecule has 0 radical (unpaired) electrons. The number of hydrogen-bond donors (Lipinski definition) is 1. The molecule has 0 aliphatic rings. The molecular formula is C15H23N. The first-order valence-corrected chi connectivity index (χ1v) is 5.96. The third-order valence-electron chi connectivity index (χ3n) is 3.11. The second kappa shape index (κ2) is 5.86. The van der Waals surface area contributed by atoms with Gasteiger partial charge in [-0.15, -0.1) is 0 Å². The Labute approximate surface area is 99.6 Å². The molecule has 16 heavy (non-hydrogen) atoms. The van der Waals surface area contributed by atoms with Crippen molar-refractivity contribution >= 4 is 5.57 Å². The molecule has 0 saturated carbocycles. The Bertz CT molecular complexity index is 389. The molecule has 1 nitrogen and oxygen atoms in total. The Hall–Kier alpha value is -1.08. The summed E-state index contributed by atoms with van der Waals surface area (Å²) in [5.74, 6) is 0. The van der Waals surface area contributed by atoms with E-state index in [0.29, 0.717) is 0 Å². The molecule has 0 aliphatic carbocycles. The van der Waals surface area contributed by atoms with Crippen LogP contribution in [0.2, 0.25) is 0 Å². The quantitative estimate of drug-likeness (QED) is 0.759. The molecule has 0 bridgehead atoms. The number of rotatable bonds is 4. The van der Waals surface area contributed by atoms with Crippen molar-refractivity contribution in [2.45, 2.75) is 34.1 Å². The number of hydrogen-bond acceptors (Lipinski definition) is 1. The third kappa shape index (κ3) is 3.21. The van der Waals surface area contributed by atoms with Crippen LogP contribution < -0.4 is 5.32 Å². The molecule has 1 rings (SSSR count). The van der Waals surface area contributed by atoms with Crippen molar-refractivity contribution in [1.29, 1.82) is 0 Å². The summed E-state index contributed by atoms with van der Waals surface area (Å²) in [5.41, 5.74) is 6.91. The maximum atomic E-state index is 3.17. The molecule has 0 saturated heterocycles. The van der Waals surface area contributed by atoms with Gasteiger partial charge in [0.25, 0.3) is 0 Å². The normalized spacial score (nSPS) is 11.9. The van der Waals surface area contributed by atoms with Crippen molar-refractivity contribution in [3.8, 4) is 0 Å². The average Bonchev–Trinajstić information content (AvgIpc) is 2.23. The maximum Gasteiger partial charge on any atom is -0.00171 e. The molecule has 0 amide bonds. The lowest BCUT2D eigenvalue weighted by molar-refractivity contribution is 0.808. The van der Waals surface area contributed by atoms with Gasteiger partial charge in [-0.25, -0.2) is 0 Å². The average molecular weight is 217 g/mol. The number of allylic oxidation sites excluding steroid dienone is 1. The molecule has 0 unspecified atom stereocenters. The molecule has 0 atom stereocenters. The van der Waals surface area contributed by atoms with Crippen LogP contribution in [0.4, 0.5) is 0 Å². The third-order valence-corrected chi connectivity index (χ3v) is 3.11. The van der Waals surface area contributed by atoms with Crippen LogP contribution in [-0.4, -0.2) is 13.6 Å². The lowest BCUT2D eigenvalue weighted by atomic mass is 9.96. The predicted molar refractivity (Wildman–Crippen MR) is 72.8 cm³/mol. The molecule has 0 heterocycles. The monoisotopic (exact) mass is 217 g/mol. The van der Waals surface area contributed by atoms with E-state index in [0.717, 1.165) is 13.0 Å². The van der Waals surface area contributed by atoms with E-state index in [9.17, 15) is 0 Å². The zero-order chi connectivity index (χ0) is 12.1. The van der Waals surface area contributed by atoms with Crippen LogP contribution in [0, 0.1) is 20.8 Å². The van der Waals surface area contributed by atoms with Gasteiger partial charge in [-0.3, -0.25) is 0 Å². The Morgan fingerprint density at radius 1 is 1.12 bits per heavy atom. The van der Waals surface area contributed by atoms with Gasteiger partial charge < -0.3 is 5.32 Å². The first kappa shape index (κ1) is 13.0. The standard InChI is InChI=1S/C15H23N/c1-11(7-6-8-16-5)15-10-13(3)12(2)9-14(15)4/h7,9-10,16H,6,8H2,1-5H3. The van der Waals surface area contributed by atoms with Crippen molar-refractivity contribution in [3.63, 3.8) is 0 Å². The van der Waals surface area contributed by atoms with E-state index in [-0.39, 0.29) is 0 Å². The molecule has 0 fully saturated rings. The Morgan fingerprint density at radius 2 is 1.75 bits per heavy atom. The topological polar surface area (TPSA) is 12.0 Å². The van der Waals surface area contributed by atoms with Crippen LogP contribution in [-0.2, 0) is 0 Å². The van der Waals surface area contributed by atoms with Crippen LogP contribution >= 0.6 is 0 Å². The van der Waals surface area contributed by atoms with E-state index in [1.165, 1.54) is 27.8 Å². The highest BCUT2D eigenvalue weighted by Crippen LogP contribution is 2.22. The lowest BCUT2D eigenvalue weighted by Gasteiger charge is -2.10. The first-order chi connectivity index (χ1) is 7.56. The molecule has 0 spiro atoms. The zero-order valence-corrected chi connectivity index (χ0v) is 11.1. The van der Waals surface area contributed by atoms with Gasteiger partial charge in [0.1, 0.15) is 0 Å². The fourth-order valence-electron chi connectivity index (χ4n) is 1.93. The van der Waals surface area contributed by atoms with Gasteiger partial charge in [-0.2, -0.15) is 0 Å². The number of nitrogens with one attached hydrogen (secondary N) is 1. The SMILES string of the molecule is CNCCC=C(C)c1cc(C)c(C)cc1C. The summed E-state index contributed by atoms with van der Waals surface area (Å²) in [7, 11) is 1.99. The van der Waals surface area contributed by atoms with E-state index < -0.39 is 0 Å². The minimum atomic E-state index is 1.04. The molecular weight excluding hydrogens is 194 g/mol. The van der Waals surface area contributed by atoms with Crippen molar-refractivity contribution < 1.29 is 0 Å². The van der Waals surface area contributed by atoms with Gasteiger partial charge in [-0.1, -0.05) is 18.2 Å². The Balaban J connectivity index is 2.95. The molecule has 88 valence electrons. The van der Waals surface area contributed by atoms with E-state index in [2.05, 4.69) is 51.2 Å². The van der Waals surface area contributed by atoms with Crippen molar-refractivity contribution in [2.75, 3.05) is 13.6 Å².